The molecule has 2 atom stereocenters. The van der Waals surface area contributed by atoms with Gasteiger partial charge < -0.3 is 15.0 Å². The van der Waals surface area contributed by atoms with Crippen molar-refractivity contribution in [3.63, 3.8) is 0 Å². The number of fused-ring (bicyclic) bond motifs is 1. The predicted molar refractivity (Wildman–Crippen MR) is 98.5 cm³/mol. The van der Waals surface area contributed by atoms with Crippen LogP contribution in [0.3, 0.4) is 0 Å². The molecule has 2 aromatic heterocycles. The van der Waals surface area contributed by atoms with Crippen molar-refractivity contribution in [1.29, 1.82) is 5.26 Å². The molecule has 2 unspecified atom stereocenters. The number of aromatic amines is 1. The summed E-state index contributed by atoms with van der Waals surface area (Å²) in [6, 6.07) is 13.7. The maximum atomic E-state index is 12.2. The topological polar surface area (TPSA) is 90.8 Å². The molecule has 1 saturated carbocycles. The number of nitrogens with one attached hydrogen (secondary N) is 2. The number of carbonyl (C=O) groups excluding carboxylic acids is 1. The smallest absolute Gasteiger partial charge is 0.228 e. The Morgan fingerprint density at radius 2 is 2.19 bits per heavy atom. The van der Waals surface area contributed by atoms with Gasteiger partial charge in [-0.15, -0.1) is 0 Å². The Morgan fingerprint density at radius 1 is 1.35 bits per heavy atom. The Hall–Kier alpha value is -3.33. The van der Waals surface area contributed by atoms with Crippen molar-refractivity contribution in [3.05, 3.63) is 42.6 Å². The van der Waals surface area contributed by atoms with Crippen LogP contribution in [0.4, 0.5) is 5.82 Å². The highest BCUT2D eigenvalue weighted by atomic mass is 16.5. The highest BCUT2D eigenvalue weighted by Gasteiger charge is 2.42. The van der Waals surface area contributed by atoms with Gasteiger partial charge in [0.05, 0.1) is 13.2 Å². The molecule has 0 radical (unpaired) electrons. The Morgan fingerprint density at radius 3 is 3.00 bits per heavy atom. The summed E-state index contributed by atoms with van der Waals surface area (Å²) in [5, 5.41) is 12.5. The average molecular weight is 346 g/mol. The van der Waals surface area contributed by atoms with Gasteiger partial charge in [-0.25, -0.2) is 4.98 Å². The molecule has 26 heavy (non-hydrogen) atoms. The number of benzene rings is 1. The number of ether oxygens (including phenoxy) is 1. The third-order valence-corrected chi connectivity index (χ3v) is 4.80. The van der Waals surface area contributed by atoms with Gasteiger partial charge in [-0.05, 0) is 30.5 Å². The number of hydrogen-bond donors (Lipinski definition) is 2. The molecule has 0 bridgehead atoms. The van der Waals surface area contributed by atoms with Gasteiger partial charge in [-0.1, -0.05) is 18.2 Å². The largest absolute Gasteiger partial charge is 0.496 e. The summed E-state index contributed by atoms with van der Waals surface area (Å²) in [6.45, 7) is 0. The fourth-order valence-corrected chi connectivity index (χ4v) is 3.29. The molecule has 2 N–H and O–H groups in total. The van der Waals surface area contributed by atoms with E-state index in [9.17, 15) is 4.79 Å². The van der Waals surface area contributed by atoms with Gasteiger partial charge in [-0.3, -0.25) is 4.79 Å². The Bertz CT molecular complexity index is 1020. The first-order chi connectivity index (χ1) is 12.7. The molecule has 1 aromatic carbocycles. The number of rotatable bonds is 5. The van der Waals surface area contributed by atoms with Crippen molar-refractivity contribution in [3.8, 4) is 22.9 Å². The number of anilines is 1. The monoisotopic (exact) mass is 346 g/mol. The molecule has 1 aliphatic carbocycles. The lowest BCUT2D eigenvalue weighted by molar-refractivity contribution is -0.117. The van der Waals surface area contributed by atoms with Gasteiger partial charge in [0, 0.05) is 35.0 Å². The second-order valence-electron chi connectivity index (χ2n) is 6.45. The first-order valence-electron chi connectivity index (χ1n) is 8.50. The summed E-state index contributed by atoms with van der Waals surface area (Å²) in [5.41, 5.74) is 2.68. The average Bonchev–Trinajstić information content (AvgIpc) is 3.31. The van der Waals surface area contributed by atoms with Crippen molar-refractivity contribution in [2.24, 2.45) is 11.8 Å². The number of hydrogen-bond acceptors (Lipinski definition) is 4. The van der Waals surface area contributed by atoms with Crippen LogP contribution in [0.25, 0.3) is 22.2 Å². The van der Waals surface area contributed by atoms with Crippen molar-refractivity contribution in [2.45, 2.75) is 12.8 Å². The van der Waals surface area contributed by atoms with Crippen LogP contribution in [-0.4, -0.2) is 23.0 Å². The van der Waals surface area contributed by atoms with E-state index in [0.717, 1.165) is 28.7 Å². The number of pyridine rings is 1. The first kappa shape index (κ1) is 16.2. The molecule has 0 spiro atoms. The SMILES string of the molecule is COc1ccccc1-c1c[nH]c2nc(NC(=O)C3CC3CC#N)ccc12. The number of H-pyrrole nitrogens is 1. The lowest BCUT2D eigenvalue weighted by Crippen LogP contribution is -2.15. The van der Waals surface area contributed by atoms with Crippen LogP contribution in [0.1, 0.15) is 12.8 Å². The van der Waals surface area contributed by atoms with E-state index in [1.54, 1.807) is 13.2 Å². The zero-order valence-electron chi connectivity index (χ0n) is 14.3. The summed E-state index contributed by atoms with van der Waals surface area (Å²) < 4.78 is 5.44. The number of methoxy groups -OCH3 is 1. The molecule has 6 heteroatoms. The van der Waals surface area contributed by atoms with E-state index in [0.29, 0.717) is 17.9 Å². The third-order valence-electron chi connectivity index (χ3n) is 4.80. The quantitative estimate of drug-likeness (QED) is 0.736. The van der Waals surface area contributed by atoms with E-state index >= 15 is 0 Å². The molecule has 2 heterocycles. The second-order valence-corrected chi connectivity index (χ2v) is 6.45. The Labute approximate surface area is 150 Å². The van der Waals surface area contributed by atoms with Gasteiger partial charge in [-0.2, -0.15) is 5.26 Å². The van der Waals surface area contributed by atoms with Gasteiger partial charge in [0.25, 0.3) is 0 Å². The van der Waals surface area contributed by atoms with Crippen LogP contribution >= 0.6 is 0 Å². The number of carbonyl (C=O) groups is 1. The fourth-order valence-electron chi connectivity index (χ4n) is 3.29. The molecule has 0 saturated heterocycles. The van der Waals surface area contributed by atoms with Gasteiger partial charge >= 0.3 is 0 Å². The number of nitriles is 1. The molecule has 0 aliphatic heterocycles. The van der Waals surface area contributed by atoms with E-state index < -0.39 is 0 Å². The van der Waals surface area contributed by atoms with Gasteiger partial charge in [0.1, 0.15) is 17.2 Å². The van der Waals surface area contributed by atoms with Crippen LogP contribution in [0, 0.1) is 23.2 Å². The molecule has 6 nitrogen and oxygen atoms in total. The lowest BCUT2D eigenvalue weighted by atomic mass is 10.0. The minimum atomic E-state index is -0.0695. The standard InChI is InChI=1S/C20H18N4O2/c1-26-17-5-3-2-4-13(17)16-11-22-19-14(16)6-7-18(23-19)24-20(25)15-10-12(15)8-9-21/h2-7,11-12,15H,8,10H2,1H3,(H2,22,23,24,25). The van der Waals surface area contributed by atoms with Crippen molar-refractivity contribution >= 4 is 22.8 Å². The molecule has 4 rings (SSSR count). The summed E-state index contributed by atoms with van der Waals surface area (Å²) in [5.74, 6) is 1.36. The third kappa shape index (κ3) is 2.88. The predicted octanol–water partition coefficient (Wildman–Crippen LogP) is 3.73. The molecule has 3 aromatic rings. The van der Waals surface area contributed by atoms with Crippen molar-refractivity contribution in [1.82, 2.24) is 9.97 Å². The van der Waals surface area contributed by atoms with Gasteiger partial charge in [0.15, 0.2) is 0 Å². The first-order valence-corrected chi connectivity index (χ1v) is 8.50. The molecular formula is C20H18N4O2. The van der Waals surface area contributed by atoms with Crippen LogP contribution < -0.4 is 10.1 Å². The summed E-state index contributed by atoms with van der Waals surface area (Å²) >= 11 is 0. The maximum absolute atomic E-state index is 12.2. The molecular weight excluding hydrogens is 328 g/mol. The number of para-hydroxylation sites is 1. The van der Waals surface area contributed by atoms with E-state index in [-0.39, 0.29) is 17.7 Å². The minimum absolute atomic E-state index is 0.0615. The molecule has 1 aliphatic rings. The van der Waals surface area contributed by atoms with Crippen LogP contribution in [-0.2, 0) is 4.79 Å². The normalized spacial score (nSPS) is 18.3. The number of aromatic nitrogens is 2. The fraction of sp³-hybridized carbons (Fsp3) is 0.250. The molecule has 1 amide bonds. The van der Waals surface area contributed by atoms with Crippen LogP contribution in [0.5, 0.6) is 5.75 Å². The van der Waals surface area contributed by atoms with E-state index in [2.05, 4.69) is 21.4 Å². The zero-order chi connectivity index (χ0) is 18.1. The highest BCUT2D eigenvalue weighted by molar-refractivity contribution is 5.98. The number of amides is 1. The lowest BCUT2D eigenvalue weighted by Gasteiger charge is -2.07. The van der Waals surface area contributed by atoms with Gasteiger partial charge in [0.2, 0.25) is 5.91 Å². The van der Waals surface area contributed by atoms with Crippen LogP contribution in [0.15, 0.2) is 42.6 Å². The van der Waals surface area contributed by atoms with Crippen LogP contribution in [0.2, 0.25) is 0 Å². The number of nitrogens with zero attached hydrogens (tertiary/aromatic N) is 2. The Kier molecular flexibility index (Phi) is 4.05. The molecule has 1 fully saturated rings. The molecule has 130 valence electrons. The minimum Gasteiger partial charge on any atom is -0.496 e. The maximum Gasteiger partial charge on any atom is 0.228 e. The second kappa shape index (κ2) is 6.52. The summed E-state index contributed by atoms with van der Waals surface area (Å²) in [7, 11) is 1.65. The summed E-state index contributed by atoms with van der Waals surface area (Å²) in [6.07, 6.45) is 3.11. The summed E-state index contributed by atoms with van der Waals surface area (Å²) in [4.78, 5) is 19.9. The van der Waals surface area contributed by atoms with Crippen molar-refractivity contribution < 1.29 is 9.53 Å². The van der Waals surface area contributed by atoms with E-state index in [1.807, 2.05) is 36.5 Å². The Balaban J connectivity index is 1.58. The zero-order valence-corrected chi connectivity index (χ0v) is 14.3. The van der Waals surface area contributed by atoms with Crippen molar-refractivity contribution in [2.75, 3.05) is 12.4 Å². The highest BCUT2D eigenvalue weighted by Crippen LogP contribution is 2.41. The van der Waals surface area contributed by atoms with E-state index in [1.165, 1.54) is 0 Å². The van der Waals surface area contributed by atoms with E-state index in [4.69, 9.17) is 10.00 Å².